The Morgan fingerprint density at radius 2 is 1.88 bits per heavy atom. The van der Waals surface area contributed by atoms with Crippen molar-refractivity contribution in [1.29, 1.82) is 0 Å². The van der Waals surface area contributed by atoms with Gasteiger partial charge in [0.15, 0.2) is 6.61 Å². The van der Waals surface area contributed by atoms with E-state index in [-0.39, 0.29) is 17.5 Å². The fourth-order valence-corrected chi connectivity index (χ4v) is 2.00. The number of nitrogens with one attached hydrogen (secondary N) is 2. The van der Waals surface area contributed by atoms with Gasteiger partial charge in [-0.1, -0.05) is 0 Å². The number of anilines is 1. The largest absolute Gasteiger partial charge is 0.467 e. The molecule has 0 aliphatic heterocycles. The Kier molecular flexibility index (Phi) is 5.73. The third-order valence-corrected chi connectivity index (χ3v) is 3.12. The molecule has 0 fully saturated rings. The molecule has 7 heteroatoms. The van der Waals surface area contributed by atoms with E-state index in [4.69, 9.17) is 9.15 Å². The molecule has 126 valence electrons. The molecule has 0 aliphatic carbocycles. The van der Waals surface area contributed by atoms with Crippen LogP contribution in [0.15, 0.2) is 47.1 Å². The Labute approximate surface area is 139 Å². The van der Waals surface area contributed by atoms with Crippen LogP contribution in [0.3, 0.4) is 0 Å². The van der Waals surface area contributed by atoms with Gasteiger partial charge in [-0.2, -0.15) is 0 Å². The van der Waals surface area contributed by atoms with Gasteiger partial charge in [0, 0.05) is 12.6 Å². The van der Waals surface area contributed by atoms with E-state index in [0.29, 0.717) is 11.4 Å². The Hall–Kier alpha value is -3.09. The summed E-state index contributed by atoms with van der Waals surface area (Å²) < 4.78 is 10.1. The number of carbonyl (C=O) groups excluding carboxylic acids is 3. The van der Waals surface area contributed by atoms with Gasteiger partial charge in [-0.25, -0.2) is 4.79 Å². The summed E-state index contributed by atoms with van der Waals surface area (Å²) in [6.07, 6.45) is 1.52. The van der Waals surface area contributed by atoms with Crippen molar-refractivity contribution in [3.63, 3.8) is 0 Å². The second-order valence-corrected chi connectivity index (χ2v) is 5.14. The molecule has 1 atom stereocenters. The summed E-state index contributed by atoms with van der Waals surface area (Å²) in [4.78, 5) is 34.6. The van der Waals surface area contributed by atoms with Crippen molar-refractivity contribution in [1.82, 2.24) is 5.32 Å². The van der Waals surface area contributed by atoms with Gasteiger partial charge in [0.05, 0.1) is 17.9 Å². The number of furan rings is 1. The molecule has 1 aromatic carbocycles. The van der Waals surface area contributed by atoms with E-state index in [0.717, 1.165) is 0 Å². The Bertz CT molecular complexity index is 707. The second kappa shape index (κ2) is 7.96. The van der Waals surface area contributed by atoms with E-state index in [1.54, 1.807) is 31.2 Å². The Balaban J connectivity index is 1.81. The van der Waals surface area contributed by atoms with Gasteiger partial charge in [-0.05, 0) is 43.3 Å². The molecule has 1 heterocycles. The molecular formula is C17H18N2O5. The molecule has 0 spiro atoms. The first-order chi connectivity index (χ1) is 11.5. The molecule has 2 N–H and O–H groups in total. The zero-order chi connectivity index (χ0) is 17.5. The lowest BCUT2D eigenvalue weighted by Crippen LogP contribution is -2.30. The molecular weight excluding hydrogens is 312 g/mol. The highest BCUT2D eigenvalue weighted by Gasteiger charge is 2.14. The van der Waals surface area contributed by atoms with Crippen molar-refractivity contribution < 1.29 is 23.5 Å². The third kappa shape index (κ3) is 4.98. The summed E-state index contributed by atoms with van der Waals surface area (Å²) in [5, 5.41) is 5.25. The molecule has 2 rings (SSSR count). The first-order valence-electron chi connectivity index (χ1n) is 7.33. The molecule has 0 bridgehead atoms. The Morgan fingerprint density at radius 1 is 1.17 bits per heavy atom. The van der Waals surface area contributed by atoms with Crippen molar-refractivity contribution >= 4 is 23.5 Å². The SMILES string of the molecule is CC(=O)Nc1ccc(C(=O)OCC(=O)N[C@@H](C)c2ccco2)cc1. The predicted molar refractivity (Wildman–Crippen MR) is 86.3 cm³/mol. The molecule has 24 heavy (non-hydrogen) atoms. The normalized spacial score (nSPS) is 11.4. The third-order valence-electron chi connectivity index (χ3n) is 3.12. The fraction of sp³-hybridized carbons (Fsp3) is 0.235. The van der Waals surface area contributed by atoms with Crippen LogP contribution < -0.4 is 10.6 Å². The first-order valence-corrected chi connectivity index (χ1v) is 7.33. The summed E-state index contributed by atoms with van der Waals surface area (Å²) in [7, 11) is 0. The lowest BCUT2D eigenvalue weighted by molar-refractivity contribution is -0.125. The first kappa shape index (κ1) is 17.3. The van der Waals surface area contributed by atoms with Crippen LogP contribution in [0.5, 0.6) is 0 Å². The standard InChI is InChI=1S/C17H18N2O5/c1-11(15-4-3-9-23-15)18-16(21)10-24-17(22)13-5-7-14(8-6-13)19-12(2)20/h3-9,11H,10H2,1-2H3,(H,18,21)(H,19,20)/t11-/m0/s1. The van der Waals surface area contributed by atoms with E-state index >= 15 is 0 Å². The monoisotopic (exact) mass is 330 g/mol. The quantitative estimate of drug-likeness (QED) is 0.792. The van der Waals surface area contributed by atoms with Crippen molar-refractivity contribution in [2.24, 2.45) is 0 Å². The van der Waals surface area contributed by atoms with Gasteiger partial charge < -0.3 is 19.8 Å². The average Bonchev–Trinajstić information content (AvgIpc) is 3.07. The van der Waals surface area contributed by atoms with Crippen molar-refractivity contribution in [3.05, 3.63) is 54.0 Å². The van der Waals surface area contributed by atoms with E-state index < -0.39 is 18.5 Å². The molecule has 2 aromatic rings. The van der Waals surface area contributed by atoms with Crippen LogP contribution in [0.1, 0.15) is 36.0 Å². The topological polar surface area (TPSA) is 97.6 Å². The van der Waals surface area contributed by atoms with Gasteiger partial charge >= 0.3 is 5.97 Å². The number of carbonyl (C=O) groups is 3. The number of benzene rings is 1. The molecule has 0 unspecified atom stereocenters. The minimum atomic E-state index is -0.620. The molecule has 0 saturated carbocycles. The van der Waals surface area contributed by atoms with Gasteiger partial charge in [0.1, 0.15) is 5.76 Å². The van der Waals surface area contributed by atoms with Crippen molar-refractivity contribution in [2.75, 3.05) is 11.9 Å². The zero-order valence-electron chi connectivity index (χ0n) is 13.4. The van der Waals surface area contributed by atoms with Crippen LogP contribution in [0, 0.1) is 0 Å². The van der Waals surface area contributed by atoms with E-state index in [1.165, 1.54) is 25.3 Å². The summed E-state index contributed by atoms with van der Waals surface area (Å²) in [6.45, 7) is 2.77. The van der Waals surface area contributed by atoms with Gasteiger partial charge in [-0.15, -0.1) is 0 Å². The van der Waals surface area contributed by atoms with E-state index in [1.807, 2.05) is 0 Å². The zero-order valence-corrected chi connectivity index (χ0v) is 13.4. The summed E-state index contributed by atoms with van der Waals surface area (Å²) in [5.74, 6) is -0.636. The van der Waals surface area contributed by atoms with Crippen LogP contribution in [-0.4, -0.2) is 24.4 Å². The van der Waals surface area contributed by atoms with Gasteiger partial charge in [-0.3, -0.25) is 9.59 Å². The molecule has 0 aliphatic rings. The fourth-order valence-electron chi connectivity index (χ4n) is 2.00. The lowest BCUT2D eigenvalue weighted by Gasteiger charge is -2.11. The van der Waals surface area contributed by atoms with Crippen molar-refractivity contribution in [3.8, 4) is 0 Å². The van der Waals surface area contributed by atoms with Crippen LogP contribution in [-0.2, 0) is 14.3 Å². The summed E-state index contributed by atoms with van der Waals surface area (Å²) in [5.41, 5.74) is 0.861. The van der Waals surface area contributed by atoms with E-state index in [2.05, 4.69) is 10.6 Å². The van der Waals surface area contributed by atoms with Gasteiger partial charge in [0.25, 0.3) is 5.91 Å². The Morgan fingerprint density at radius 3 is 2.46 bits per heavy atom. The minimum absolute atomic E-state index is 0.201. The number of hydrogen-bond acceptors (Lipinski definition) is 5. The molecule has 7 nitrogen and oxygen atoms in total. The highest BCUT2D eigenvalue weighted by atomic mass is 16.5. The maximum absolute atomic E-state index is 11.9. The number of amides is 2. The second-order valence-electron chi connectivity index (χ2n) is 5.14. The molecule has 2 amide bonds. The smallest absolute Gasteiger partial charge is 0.338 e. The lowest BCUT2D eigenvalue weighted by atomic mass is 10.2. The number of esters is 1. The van der Waals surface area contributed by atoms with Crippen LogP contribution >= 0.6 is 0 Å². The maximum atomic E-state index is 11.9. The molecule has 0 saturated heterocycles. The molecule has 0 radical (unpaired) electrons. The number of hydrogen-bond donors (Lipinski definition) is 2. The summed E-state index contributed by atoms with van der Waals surface area (Å²) >= 11 is 0. The number of ether oxygens (including phenoxy) is 1. The van der Waals surface area contributed by atoms with Gasteiger partial charge in [0.2, 0.25) is 5.91 Å². The average molecular weight is 330 g/mol. The highest BCUT2D eigenvalue weighted by molar-refractivity contribution is 5.93. The van der Waals surface area contributed by atoms with Crippen LogP contribution in [0.25, 0.3) is 0 Å². The predicted octanol–water partition coefficient (Wildman–Crippen LogP) is 2.27. The van der Waals surface area contributed by atoms with Crippen molar-refractivity contribution in [2.45, 2.75) is 19.9 Å². The highest BCUT2D eigenvalue weighted by Crippen LogP contribution is 2.12. The van der Waals surface area contributed by atoms with Crippen LogP contribution in [0.2, 0.25) is 0 Å². The summed E-state index contributed by atoms with van der Waals surface area (Å²) in [6, 6.07) is 9.33. The van der Waals surface area contributed by atoms with Crippen LogP contribution in [0.4, 0.5) is 5.69 Å². The molecule has 1 aromatic heterocycles. The van der Waals surface area contributed by atoms with E-state index in [9.17, 15) is 14.4 Å². The minimum Gasteiger partial charge on any atom is -0.467 e. The maximum Gasteiger partial charge on any atom is 0.338 e. The number of rotatable bonds is 6.